The summed E-state index contributed by atoms with van der Waals surface area (Å²) in [5, 5.41) is 3.45. The Morgan fingerprint density at radius 3 is 2.35 bits per heavy atom. The van der Waals surface area contributed by atoms with E-state index < -0.39 is 23.7 Å². The molecule has 1 aromatic rings. The van der Waals surface area contributed by atoms with Gasteiger partial charge in [0.1, 0.15) is 0 Å². The summed E-state index contributed by atoms with van der Waals surface area (Å²) < 4.78 is 11.3. The van der Waals surface area contributed by atoms with Gasteiger partial charge in [-0.1, -0.05) is 0 Å². The van der Waals surface area contributed by atoms with Crippen LogP contribution in [0, 0.1) is 5.92 Å². The molecule has 0 fully saturated rings. The van der Waals surface area contributed by atoms with E-state index in [-0.39, 0.29) is 20.9 Å². The number of alkyl carbamates (subject to hydrolysis) is 1. The zero-order valence-electron chi connectivity index (χ0n) is 14.3. The molecular weight excluding hydrogens is 361 g/mol. The minimum atomic E-state index is -0.708. The number of hydrogen-bond acceptors (Lipinski definition) is 4. The Morgan fingerprint density at radius 2 is 1.83 bits per heavy atom. The third-order valence-electron chi connectivity index (χ3n) is 2.95. The summed E-state index contributed by atoms with van der Waals surface area (Å²) in [6, 6.07) is 9.41. The Morgan fingerprint density at radius 1 is 1.22 bits per heavy atom. The first-order valence-corrected chi connectivity index (χ1v) is 9.55. The number of esters is 1. The molecule has 1 aromatic carbocycles. The van der Waals surface area contributed by atoms with Gasteiger partial charge in [-0.05, 0) is 0 Å². The van der Waals surface area contributed by atoms with Crippen molar-refractivity contribution in [1.82, 2.24) is 5.32 Å². The number of benzene rings is 1. The maximum absolute atomic E-state index is 12.0. The number of rotatable bonds is 6. The third-order valence-corrected chi connectivity index (χ3v) is 5.68. The molecule has 0 saturated heterocycles. The van der Waals surface area contributed by atoms with Crippen LogP contribution in [0.25, 0.3) is 0 Å². The number of ether oxygens (including phenoxy) is 2. The second-order valence-electron chi connectivity index (χ2n) is 6.25. The zero-order valence-corrected chi connectivity index (χ0v) is 16.0. The minimum absolute atomic E-state index is 0.0461. The molecule has 0 aromatic heterocycles. The van der Waals surface area contributed by atoms with Crippen molar-refractivity contribution < 1.29 is 19.1 Å². The monoisotopic (exact) mass is 387 g/mol. The van der Waals surface area contributed by atoms with Gasteiger partial charge >= 0.3 is 144 Å². The average molecular weight is 386 g/mol. The fourth-order valence-electron chi connectivity index (χ4n) is 1.84. The Labute approximate surface area is 144 Å². The van der Waals surface area contributed by atoms with Crippen molar-refractivity contribution in [2.24, 2.45) is 5.92 Å². The molecule has 23 heavy (non-hydrogen) atoms. The Balaban J connectivity index is 2.65. The van der Waals surface area contributed by atoms with Crippen molar-refractivity contribution in [1.29, 1.82) is 0 Å². The molecule has 6 heteroatoms. The predicted molar refractivity (Wildman–Crippen MR) is 91.0 cm³/mol. The van der Waals surface area contributed by atoms with Crippen molar-refractivity contribution in [3.8, 4) is 0 Å². The Hall–Kier alpha value is -1.52. The van der Waals surface area contributed by atoms with E-state index in [2.05, 4.69) is 17.4 Å². The number of carbonyl (C=O) groups is 2. The summed E-state index contributed by atoms with van der Waals surface area (Å²) in [5.41, 5.74) is -0.609. The molecule has 0 aliphatic heterocycles. The van der Waals surface area contributed by atoms with Gasteiger partial charge in [-0.25, -0.2) is 0 Å². The van der Waals surface area contributed by atoms with Crippen molar-refractivity contribution in [3.05, 3.63) is 30.3 Å². The van der Waals surface area contributed by atoms with E-state index in [9.17, 15) is 9.59 Å². The first-order valence-electron chi connectivity index (χ1n) is 7.48. The van der Waals surface area contributed by atoms with E-state index in [4.69, 9.17) is 9.47 Å². The number of methoxy groups -OCH3 is 1. The number of amides is 1. The van der Waals surface area contributed by atoms with Gasteiger partial charge in [-0.2, -0.15) is 0 Å². The van der Waals surface area contributed by atoms with Crippen LogP contribution in [0.5, 0.6) is 0 Å². The number of nitrogens with one attached hydrogen (secondary N) is 1. The average Bonchev–Trinajstić information content (AvgIpc) is 2.49. The molecule has 0 spiro atoms. The molecule has 0 aliphatic rings. The molecule has 0 saturated carbocycles. The van der Waals surface area contributed by atoms with Gasteiger partial charge in [0.2, 0.25) is 0 Å². The molecule has 1 N–H and O–H groups in total. The van der Waals surface area contributed by atoms with Crippen LogP contribution in [-0.4, -0.2) is 45.8 Å². The third kappa shape index (κ3) is 7.53. The van der Waals surface area contributed by atoms with Crippen LogP contribution in [0.15, 0.2) is 30.3 Å². The standard InChI is InChI=1S/C17H25NO4Se/c1-12(11-23-13-9-7-6-8-10-13)14(15(19)21-5)18-16(20)22-17(2,3)4/h6-10,12,14H,11H2,1-5H3,(H,18,20)/t12?,14-/m0/s1. The summed E-state index contributed by atoms with van der Waals surface area (Å²) in [6.07, 6.45) is -0.605. The first-order chi connectivity index (χ1) is 10.7. The quantitative estimate of drug-likeness (QED) is 0.601. The molecule has 1 amide bonds. The van der Waals surface area contributed by atoms with E-state index in [1.165, 1.54) is 11.6 Å². The Kier molecular flexibility index (Phi) is 7.59. The van der Waals surface area contributed by atoms with Crippen LogP contribution in [-0.2, 0) is 14.3 Å². The van der Waals surface area contributed by atoms with E-state index >= 15 is 0 Å². The van der Waals surface area contributed by atoms with Crippen LogP contribution in [0.3, 0.4) is 0 Å². The second kappa shape index (κ2) is 8.94. The van der Waals surface area contributed by atoms with E-state index in [0.717, 1.165) is 5.32 Å². The molecule has 2 atom stereocenters. The van der Waals surface area contributed by atoms with Crippen LogP contribution < -0.4 is 9.78 Å². The van der Waals surface area contributed by atoms with Crippen molar-refractivity contribution in [2.75, 3.05) is 7.11 Å². The maximum atomic E-state index is 12.0. The zero-order chi connectivity index (χ0) is 17.5. The summed E-state index contributed by atoms with van der Waals surface area (Å²) in [4.78, 5) is 23.9. The second-order valence-corrected chi connectivity index (χ2v) is 8.54. The number of carbonyl (C=O) groups excluding carboxylic acids is 2. The summed E-state index contributed by atoms with van der Waals surface area (Å²) in [7, 11) is 1.32. The number of hydrogen-bond donors (Lipinski definition) is 1. The van der Waals surface area contributed by atoms with E-state index in [1.54, 1.807) is 20.8 Å². The van der Waals surface area contributed by atoms with Gasteiger partial charge in [0.05, 0.1) is 0 Å². The van der Waals surface area contributed by atoms with Crippen LogP contribution in [0.1, 0.15) is 27.7 Å². The Bertz CT molecular complexity index is 513. The first kappa shape index (κ1) is 19.5. The molecule has 0 radical (unpaired) electrons. The molecule has 0 aliphatic carbocycles. The van der Waals surface area contributed by atoms with Crippen molar-refractivity contribution in [3.63, 3.8) is 0 Å². The fraction of sp³-hybridized carbons (Fsp3) is 0.529. The SMILES string of the molecule is COC(=O)[C@@H](NC(=O)OC(C)(C)C)C(C)C[Se]c1ccccc1. The normalized spacial score (nSPS) is 13.8. The van der Waals surface area contributed by atoms with Crippen LogP contribution >= 0.6 is 0 Å². The van der Waals surface area contributed by atoms with Gasteiger partial charge in [0, 0.05) is 0 Å². The molecule has 128 valence electrons. The van der Waals surface area contributed by atoms with Crippen LogP contribution in [0.2, 0.25) is 5.32 Å². The fourth-order valence-corrected chi connectivity index (χ4v) is 3.93. The summed E-state index contributed by atoms with van der Waals surface area (Å²) in [6.45, 7) is 7.27. The summed E-state index contributed by atoms with van der Waals surface area (Å²) >= 11 is 0.225. The van der Waals surface area contributed by atoms with E-state index in [0.29, 0.717) is 0 Å². The molecule has 0 heterocycles. The van der Waals surface area contributed by atoms with Crippen molar-refractivity contribution >= 4 is 31.5 Å². The predicted octanol–water partition coefficient (Wildman–Crippen LogP) is 2.14. The van der Waals surface area contributed by atoms with Gasteiger partial charge in [-0.15, -0.1) is 0 Å². The van der Waals surface area contributed by atoms with Gasteiger partial charge < -0.3 is 0 Å². The van der Waals surface area contributed by atoms with Crippen LogP contribution in [0.4, 0.5) is 4.79 Å². The molecule has 1 unspecified atom stereocenters. The van der Waals surface area contributed by atoms with Crippen molar-refractivity contribution in [2.45, 2.75) is 44.7 Å². The topological polar surface area (TPSA) is 64.6 Å². The molecule has 0 bridgehead atoms. The molecule has 1 rings (SSSR count). The summed E-state index contributed by atoms with van der Waals surface area (Å²) in [5.74, 6) is -0.498. The van der Waals surface area contributed by atoms with E-state index in [1.807, 2.05) is 25.1 Å². The van der Waals surface area contributed by atoms with Gasteiger partial charge in [0.25, 0.3) is 0 Å². The van der Waals surface area contributed by atoms with Gasteiger partial charge in [-0.3, -0.25) is 0 Å². The van der Waals surface area contributed by atoms with Gasteiger partial charge in [0.15, 0.2) is 0 Å². The molecular formula is C17H25NO4Se. The molecule has 5 nitrogen and oxygen atoms in total.